The average Bonchev–Trinajstić information content (AvgIpc) is 3.64. The fourth-order valence-electron chi connectivity index (χ4n) is 7.46. The van der Waals surface area contributed by atoms with Crippen molar-refractivity contribution in [1.82, 2.24) is 0 Å². The van der Waals surface area contributed by atoms with Gasteiger partial charge in [-0.05, 0) is 112 Å². The fraction of sp³-hybridized carbons (Fsp3) is 0. The van der Waals surface area contributed by atoms with Crippen molar-refractivity contribution in [3.8, 4) is 46.3 Å². The van der Waals surface area contributed by atoms with E-state index in [4.69, 9.17) is 4.74 Å². The molecule has 8 aromatic rings. The Hall–Kier alpha value is -8.43. The minimum Gasteiger partial charge on any atom is -0.457 e. The van der Waals surface area contributed by atoms with Crippen LogP contribution in [0.3, 0.4) is 0 Å². The second-order valence-corrected chi connectivity index (χ2v) is 14.6. The number of hydrogen-bond acceptors (Lipinski definition) is 2. The molecule has 61 heavy (non-hydrogen) atoms. The van der Waals surface area contributed by atoms with Gasteiger partial charge in [0.25, 0.3) is 0 Å². The highest BCUT2D eigenvalue weighted by Gasteiger charge is 2.35. The molecule has 0 heterocycles. The molecular formula is C59H38O2. The predicted molar refractivity (Wildman–Crippen MR) is 251 cm³/mol. The Morgan fingerprint density at radius 3 is 1.08 bits per heavy atom. The summed E-state index contributed by atoms with van der Waals surface area (Å²) in [4.78, 5) is 14.9. The Bertz CT molecular complexity index is 3040. The van der Waals surface area contributed by atoms with Crippen LogP contribution in [0.4, 0.5) is 0 Å². The maximum atomic E-state index is 14.9. The zero-order valence-electron chi connectivity index (χ0n) is 33.3. The van der Waals surface area contributed by atoms with Crippen LogP contribution in [0.5, 0.6) is 11.5 Å². The molecule has 0 saturated carbocycles. The Labute approximate surface area is 357 Å². The predicted octanol–water partition coefficient (Wildman–Crippen LogP) is 13.7. The third kappa shape index (κ3) is 8.57. The lowest BCUT2D eigenvalue weighted by atomic mass is 9.88. The molecule has 1 aliphatic carbocycles. The van der Waals surface area contributed by atoms with Crippen molar-refractivity contribution in [3.05, 3.63) is 269 Å². The quantitative estimate of drug-likeness (QED) is 0.144. The van der Waals surface area contributed by atoms with Crippen LogP contribution in [-0.4, -0.2) is 5.78 Å². The van der Waals surface area contributed by atoms with Crippen molar-refractivity contribution in [2.24, 2.45) is 0 Å². The van der Waals surface area contributed by atoms with Gasteiger partial charge in [-0.2, -0.15) is 0 Å². The second kappa shape index (κ2) is 17.6. The van der Waals surface area contributed by atoms with E-state index < -0.39 is 0 Å². The van der Waals surface area contributed by atoms with Crippen molar-refractivity contribution in [2.75, 3.05) is 0 Å². The molecular weight excluding hydrogens is 741 g/mol. The minimum atomic E-state index is -0.00373. The van der Waals surface area contributed by atoms with Gasteiger partial charge in [-0.15, -0.1) is 0 Å². The molecule has 0 atom stereocenters. The molecule has 0 unspecified atom stereocenters. The summed E-state index contributed by atoms with van der Waals surface area (Å²) in [6.45, 7) is 3.81. The average molecular weight is 779 g/mol. The van der Waals surface area contributed by atoms with Gasteiger partial charge in [0.2, 0.25) is 0 Å². The van der Waals surface area contributed by atoms with Crippen molar-refractivity contribution in [2.45, 2.75) is 0 Å². The van der Waals surface area contributed by atoms with Gasteiger partial charge >= 0.3 is 0 Å². The summed E-state index contributed by atoms with van der Waals surface area (Å²) in [6.07, 6.45) is 1.82. The van der Waals surface area contributed by atoms with Gasteiger partial charge in [-0.25, -0.2) is 0 Å². The van der Waals surface area contributed by atoms with Crippen LogP contribution in [0.2, 0.25) is 0 Å². The molecule has 0 aliphatic heterocycles. The highest BCUT2D eigenvalue weighted by Crippen LogP contribution is 2.50. The molecule has 0 bridgehead atoms. The SMILES string of the molecule is C=Cc1ccc(C#Cc2ccc(Oc3ccc(C4=C(c5ccccc5)C(=O)C(c5ccccc5)=C4c4ccc(-c5ccc(C#Cc6ccccc6)cc5)cc4)cc3)cc2)cc1. The van der Waals surface area contributed by atoms with Crippen LogP contribution < -0.4 is 4.74 Å². The van der Waals surface area contributed by atoms with E-state index in [1.807, 2.05) is 170 Å². The Kier molecular flexibility index (Phi) is 11.0. The van der Waals surface area contributed by atoms with Crippen LogP contribution in [-0.2, 0) is 4.79 Å². The highest BCUT2D eigenvalue weighted by molar-refractivity contribution is 6.59. The first-order chi connectivity index (χ1) is 30.1. The van der Waals surface area contributed by atoms with Gasteiger partial charge in [0.05, 0.1) is 0 Å². The van der Waals surface area contributed by atoms with E-state index in [1.165, 1.54) is 0 Å². The number of ketones is 1. The standard InChI is InChI=1S/C59H38O2/c1-2-42-18-20-44(21-19-42)24-25-46-28-38-53(39-29-46)61-54-40-36-52(37-41-54)56-55(57(49-14-8-4-9-15-49)59(60)58(56)50-16-10-5-11-17-50)51-34-32-48(33-35-51)47-30-26-45(27-31-47)23-22-43-12-6-3-7-13-43/h2-21,26-41H,1H2. The van der Waals surface area contributed by atoms with Crippen molar-refractivity contribution < 1.29 is 9.53 Å². The molecule has 286 valence electrons. The van der Waals surface area contributed by atoms with Crippen LogP contribution in [0.15, 0.2) is 219 Å². The molecule has 0 fully saturated rings. The smallest absolute Gasteiger partial charge is 0.195 e. The van der Waals surface area contributed by atoms with E-state index in [0.29, 0.717) is 22.6 Å². The second-order valence-electron chi connectivity index (χ2n) is 14.6. The molecule has 1 aliphatic rings. The van der Waals surface area contributed by atoms with Crippen LogP contribution in [0.1, 0.15) is 50.1 Å². The van der Waals surface area contributed by atoms with E-state index in [9.17, 15) is 4.79 Å². The number of carbonyl (C=O) groups excluding carboxylic acids is 1. The van der Waals surface area contributed by atoms with E-state index in [1.54, 1.807) is 0 Å². The molecule has 0 amide bonds. The maximum Gasteiger partial charge on any atom is 0.195 e. The summed E-state index contributed by atoms with van der Waals surface area (Å²) in [5.74, 6) is 14.3. The van der Waals surface area contributed by atoms with Crippen LogP contribution in [0.25, 0.3) is 39.5 Å². The number of carbonyl (C=O) groups is 1. The van der Waals surface area contributed by atoms with Crippen molar-refractivity contribution in [1.29, 1.82) is 0 Å². The summed E-state index contributed by atoms with van der Waals surface area (Å²) in [6, 6.07) is 70.6. The van der Waals surface area contributed by atoms with E-state index in [0.717, 1.165) is 72.3 Å². The lowest BCUT2D eigenvalue weighted by Crippen LogP contribution is -2.01. The largest absolute Gasteiger partial charge is 0.457 e. The highest BCUT2D eigenvalue weighted by atomic mass is 16.5. The molecule has 0 radical (unpaired) electrons. The molecule has 0 aromatic heterocycles. The van der Waals surface area contributed by atoms with Gasteiger partial charge in [-0.3, -0.25) is 4.79 Å². The Morgan fingerprint density at radius 2 is 0.639 bits per heavy atom. The summed E-state index contributed by atoms with van der Waals surface area (Å²) in [5, 5.41) is 0. The maximum absolute atomic E-state index is 14.9. The zero-order valence-corrected chi connectivity index (χ0v) is 33.3. The first kappa shape index (κ1) is 38.1. The zero-order chi connectivity index (χ0) is 41.4. The number of Topliss-reactive ketones (excluding diaryl/α,β-unsaturated/α-hetero) is 1. The van der Waals surface area contributed by atoms with E-state index in [-0.39, 0.29) is 5.78 Å². The summed E-state index contributed by atoms with van der Waals surface area (Å²) in [5.41, 5.74) is 13.8. The summed E-state index contributed by atoms with van der Waals surface area (Å²) in [7, 11) is 0. The van der Waals surface area contributed by atoms with Gasteiger partial charge in [0, 0.05) is 44.5 Å². The van der Waals surface area contributed by atoms with Gasteiger partial charge < -0.3 is 4.74 Å². The third-order valence-electron chi connectivity index (χ3n) is 10.6. The first-order valence-electron chi connectivity index (χ1n) is 20.1. The number of ether oxygens (including phenoxy) is 1. The van der Waals surface area contributed by atoms with Crippen LogP contribution in [0, 0.1) is 23.7 Å². The van der Waals surface area contributed by atoms with Crippen molar-refractivity contribution in [3.63, 3.8) is 0 Å². The third-order valence-corrected chi connectivity index (χ3v) is 10.6. The number of rotatable bonds is 8. The molecule has 2 heteroatoms. The summed E-state index contributed by atoms with van der Waals surface area (Å²) < 4.78 is 6.31. The monoisotopic (exact) mass is 778 g/mol. The molecule has 8 aromatic carbocycles. The number of benzene rings is 8. The first-order valence-corrected chi connectivity index (χ1v) is 20.1. The molecule has 0 saturated heterocycles. The molecule has 9 rings (SSSR count). The number of hydrogen-bond donors (Lipinski definition) is 0. The van der Waals surface area contributed by atoms with Gasteiger partial charge in [0.1, 0.15) is 11.5 Å². The lowest BCUT2D eigenvalue weighted by molar-refractivity contribution is -0.108. The van der Waals surface area contributed by atoms with Crippen LogP contribution >= 0.6 is 0 Å². The Balaban J connectivity index is 1.03. The van der Waals surface area contributed by atoms with E-state index >= 15 is 0 Å². The summed E-state index contributed by atoms with van der Waals surface area (Å²) >= 11 is 0. The molecule has 0 N–H and O–H groups in total. The topological polar surface area (TPSA) is 26.3 Å². The molecule has 2 nitrogen and oxygen atoms in total. The van der Waals surface area contributed by atoms with Gasteiger partial charge in [0.15, 0.2) is 5.78 Å². The minimum absolute atomic E-state index is 0.00373. The number of allylic oxidation sites excluding steroid dienone is 4. The van der Waals surface area contributed by atoms with Gasteiger partial charge in [-0.1, -0.05) is 176 Å². The molecule has 0 spiro atoms. The normalized spacial score (nSPS) is 12.0. The van der Waals surface area contributed by atoms with Crippen molar-refractivity contribution >= 4 is 34.2 Å². The lowest BCUT2D eigenvalue weighted by Gasteiger charge is -2.15. The Morgan fingerprint density at radius 1 is 0.328 bits per heavy atom. The fourth-order valence-corrected chi connectivity index (χ4v) is 7.46. The van der Waals surface area contributed by atoms with E-state index in [2.05, 4.69) is 78.8 Å².